The number of amides is 1. The Kier molecular flexibility index (Phi) is 3.72. The molecule has 0 heterocycles. The molecule has 3 nitrogen and oxygen atoms in total. The molecule has 1 aromatic rings. The van der Waals surface area contributed by atoms with E-state index in [-0.39, 0.29) is 5.91 Å². The fourth-order valence-electron chi connectivity index (χ4n) is 1.39. The van der Waals surface area contributed by atoms with Crippen LogP contribution in [0.2, 0.25) is 0 Å². The number of likely N-dealkylation sites (N-methyl/N-ethyl adjacent to an activating group) is 1. The highest BCUT2D eigenvalue weighted by atomic mass is 16.5. The van der Waals surface area contributed by atoms with E-state index in [1.54, 1.807) is 26.1 Å². The topological polar surface area (TPSA) is 29.5 Å². The van der Waals surface area contributed by atoms with Crippen molar-refractivity contribution in [3.05, 3.63) is 29.3 Å². The van der Waals surface area contributed by atoms with Gasteiger partial charge in [-0.2, -0.15) is 0 Å². The first-order valence-electron chi connectivity index (χ1n) is 4.89. The van der Waals surface area contributed by atoms with E-state index in [0.717, 1.165) is 16.9 Å². The van der Waals surface area contributed by atoms with E-state index in [4.69, 9.17) is 4.74 Å². The normalized spacial score (nSPS) is 9.87. The van der Waals surface area contributed by atoms with Gasteiger partial charge in [-0.1, -0.05) is 12.1 Å². The molecule has 0 saturated heterocycles. The van der Waals surface area contributed by atoms with E-state index in [2.05, 4.69) is 0 Å². The summed E-state index contributed by atoms with van der Waals surface area (Å²) >= 11 is 0. The van der Waals surface area contributed by atoms with Crippen LogP contribution in [0.25, 0.3) is 0 Å². The Labute approximate surface area is 90.7 Å². The van der Waals surface area contributed by atoms with Crippen LogP contribution >= 0.6 is 0 Å². The molecule has 0 aliphatic carbocycles. The van der Waals surface area contributed by atoms with Gasteiger partial charge in [0.25, 0.3) is 0 Å². The van der Waals surface area contributed by atoms with Crippen LogP contribution in [0.3, 0.4) is 0 Å². The molecule has 15 heavy (non-hydrogen) atoms. The number of hydrogen-bond donors (Lipinski definition) is 0. The van der Waals surface area contributed by atoms with Crippen LogP contribution in [-0.4, -0.2) is 32.0 Å². The predicted molar refractivity (Wildman–Crippen MR) is 60.1 cm³/mol. The van der Waals surface area contributed by atoms with Gasteiger partial charge in [0.15, 0.2) is 0 Å². The third kappa shape index (κ3) is 2.72. The Morgan fingerprint density at radius 1 is 1.40 bits per heavy atom. The fourth-order valence-corrected chi connectivity index (χ4v) is 1.39. The quantitative estimate of drug-likeness (QED) is 0.754. The molecule has 0 saturated carbocycles. The maximum Gasteiger partial charge on any atom is 0.226 e. The van der Waals surface area contributed by atoms with Crippen LogP contribution < -0.4 is 4.74 Å². The number of carbonyl (C=O) groups is 1. The molecule has 0 atom stereocenters. The zero-order valence-corrected chi connectivity index (χ0v) is 9.70. The van der Waals surface area contributed by atoms with Crippen molar-refractivity contribution in [3.8, 4) is 5.75 Å². The number of hydrogen-bond acceptors (Lipinski definition) is 2. The third-order valence-electron chi connectivity index (χ3n) is 2.46. The summed E-state index contributed by atoms with van der Waals surface area (Å²) in [7, 11) is 5.16. The lowest BCUT2D eigenvalue weighted by molar-refractivity contribution is -0.127. The number of methoxy groups -OCH3 is 1. The van der Waals surface area contributed by atoms with Crippen LogP contribution in [0, 0.1) is 6.92 Å². The summed E-state index contributed by atoms with van der Waals surface area (Å²) < 4.78 is 5.20. The van der Waals surface area contributed by atoms with Crippen molar-refractivity contribution in [2.45, 2.75) is 13.3 Å². The number of benzene rings is 1. The highest BCUT2D eigenvalue weighted by Gasteiger charge is 2.09. The molecule has 0 bridgehead atoms. The Hall–Kier alpha value is -1.51. The zero-order chi connectivity index (χ0) is 11.4. The van der Waals surface area contributed by atoms with Crippen molar-refractivity contribution in [2.24, 2.45) is 0 Å². The highest BCUT2D eigenvalue weighted by molar-refractivity contribution is 5.78. The molecule has 0 aliphatic heterocycles. The van der Waals surface area contributed by atoms with Gasteiger partial charge < -0.3 is 9.64 Å². The van der Waals surface area contributed by atoms with E-state index < -0.39 is 0 Å². The minimum atomic E-state index is 0.103. The third-order valence-corrected chi connectivity index (χ3v) is 2.46. The van der Waals surface area contributed by atoms with Crippen molar-refractivity contribution >= 4 is 5.91 Å². The van der Waals surface area contributed by atoms with Crippen molar-refractivity contribution in [1.82, 2.24) is 4.90 Å². The van der Waals surface area contributed by atoms with Crippen molar-refractivity contribution in [2.75, 3.05) is 21.2 Å². The molecule has 3 heteroatoms. The minimum Gasteiger partial charge on any atom is -0.496 e. The minimum absolute atomic E-state index is 0.103. The first-order chi connectivity index (χ1) is 7.06. The van der Waals surface area contributed by atoms with Gasteiger partial charge in [-0.05, 0) is 24.1 Å². The molecule has 82 valence electrons. The van der Waals surface area contributed by atoms with Crippen LogP contribution in [0.1, 0.15) is 11.1 Å². The van der Waals surface area contributed by atoms with Crippen LogP contribution in [0.15, 0.2) is 18.2 Å². The Morgan fingerprint density at radius 3 is 2.60 bits per heavy atom. The predicted octanol–water partition coefficient (Wildman–Crippen LogP) is 1.63. The van der Waals surface area contributed by atoms with E-state index in [1.165, 1.54) is 0 Å². The van der Waals surface area contributed by atoms with E-state index in [1.807, 2.05) is 25.1 Å². The second-order valence-electron chi connectivity index (χ2n) is 3.71. The average molecular weight is 207 g/mol. The molecule has 0 aliphatic rings. The zero-order valence-electron chi connectivity index (χ0n) is 9.70. The van der Waals surface area contributed by atoms with Gasteiger partial charge in [0, 0.05) is 14.1 Å². The fraction of sp³-hybridized carbons (Fsp3) is 0.417. The lowest BCUT2D eigenvalue weighted by Crippen LogP contribution is -2.23. The van der Waals surface area contributed by atoms with Crippen molar-refractivity contribution < 1.29 is 9.53 Å². The largest absolute Gasteiger partial charge is 0.496 e. The number of nitrogens with zero attached hydrogens (tertiary/aromatic N) is 1. The van der Waals surface area contributed by atoms with E-state index in [9.17, 15) is 4.79 Å². The maximum absolute atomic E-state index is 11.5. The summed E-state index contributed by atoms with van der Waals surface area (Å²) in [4.78, 5) is 13.1. The van der Waals surface area contributed by atoms with Crippen molar-refractivity contribution in [1.29, 1.82) is 0 Å². The molecule has 1 amide bonds. The molecule has 0 N–H and O–H groups in total. The first kappa shape index (κ1) is 11.6. The van der Waals surface area contributed by atoms with Gasteiger partial charge >= 0.3 is 0 Å². The van der Waals surface area contributed by atoms with Crippen LogP contribution in [0.4, 0.5) is 0 Å². The van der Waals surface area contributed by atoms with Crippen LogP contribution in [-0.2, 0) is 11.2 Å². The van der Waals surface area contributed by atoms with Crippen molar-refractivity contribution in [3.63, 3.8) is 0 Å². The van der Waals surface area contributed by atoms with Gasteiger partial charge in [0.1, 0.15) is 5.75 Å². The summed E-state index contributed by atoms with van der Waals surface area (Å²) in [6, 6.07) is 5.77. The number of ether oxygens (including phenoxy) is 1. The van der Waals surface area contributed by atoms with Gasteiger partial charge in [-0.15, -0.1) is 0 Å². The second kappa shape index (κ2) is 4.82. The SMILES string of the molecule is COc1cccc(CC(=O)N(C)C)c1C. The van der Waals surface area contributed by atoms with Gasteiger partial charge in [0.2, 0.25) is 5.91 Å². The number of rotatable bonds is 3. The molecular formula is C12H17NO2. The molecule has 0 aromatic heterocycles. The lowest BCUT2D eigenvalue weighted by Gasteiger charge is -2.13. The molecule has 0 spiro atoms. The maximum atomic E-state index is 11.5. The summed E-state index contributed by atoms with van der Waals surface area (Å²) in [6.07, 6.45) is 0.427. The molecule has 1 aromatic carbocycles. The standard InChI is InChI=1S/C12H17NO2/c1-9-10(8-12(14)13(2)3)6-5-7-11(9)15-4/h5-7H,8H2,1-4H3. The number of carbonyl (C=O) groups excluding carboxylic acids is 1. The van der Waals surface area contributed by atoms with Crippen LogP contribution in [0.5, 0.6) is 5.75 Å². The highest BCUT2D eigenvalue weighted by Crippen LogP contribution is 2.21. The molecular weight excluding hydrogens is 190 g/mol. The van der Waals surface area contributed by atoms with Gasteiger partial charge in [0.05, 0.1) is 13.5 Å². The van der Waals surface area contributed by atoms with Gasteiger partial charge in [-0.3, -0.25) is 4.79 Å². The molecule has 0 unspecified atom stereocenters. The smallest absolute Gasteiger partial charge is 0.226 e. The first-order valence-corrected chi connectivity index (χ1v) is 4.89. The van der Waals surface area contributed by atoms with E-state index >= 15 is 0 Å². The summed E-state index contributed by atoms with van der Waals surface area (Å²) in [5, 5.41) is 0. The summed E-state index contributed by atoms with van der Waals surface area (Å²) in [6.45, 7) is 1.97. The summed E-state index contributed by atoms with van der Waals surface area (Å²) in [5.41, 5.74) is 2.06. The average Bonchev–Trinajstić information content (AvgIpc) is 2.21. The molecule has 0 radical (unpaired) electrons. The lowest BCUT2D eigenvalue weighted by atomic mass is 10.0. The molecule has 1 rings (SSSR count). The molecule has 0 fully saturated rings. The van der Waals surface area contributed by atoms with E-state index in [0.29, 0.717) is 6.42 Å². The Morgan fingerprint density at radius 2 is 2.07 bits per heavy atom. The Balaban J connectivity index is 2.91. The Bertz CT molecular complexity index is 359. The second-order valence-corrected chi connectivity index (χ2v) is 3.71. The monoisotopic (exact) mass is 207 g/mol. The summed E-state index contributed by atoms with van der Waals surface area (Å²) in [5.74, 6) is 0.936. The van der Waals surface area contributed by atoms with Gasteiger partial charge in [-0.25, -0.2) is 0 Å².